The molecular formula is C19H26N4OS. The van der Waals surface area contributed by atoms with E-state index in [1.807, 2.05) is 28.1 Å². The molecule has 0 spiro atoms. The lowest BCUT2D eigenvalue weighted by atomic mass is 9.83. The van der Waals surface area contributed by atoms with Gasteiger partial charge in [0, 0.05) is 43.2 Å². The highest BCUT2D eigenvalue weighted by atomic mass is 32.1. The second-order valence-corrected chi connectivity index (χ2v) is 8.21. The van der Waals surface area contributed by atoms with Gasteiger partial charge in [0.2, 0.25) is 0 Å². The Morgan fingerprint density at radius 2 is 2.12 bits per heavy atom. The molecule has 1 N–H and O–H groups in total. The highest BCUT2D eigenvalue weighted by molar-refractivity contribution is 7.08. The molecule has 0 saturated carbocycles. The first-order valence-corrected chi connectivity index (χ1v) is 10.2. The number of rotatable bonds is 3. The third-order valence-electron chi connectivity index (χ3n) is 5.71. The second kappa shape index (κ2) is 6.92. The smallest absolute Gasteiger partial charge is 0.254 e. The van der Waals surface area contributed by atoms with Gasteiger partial charge in [-0.2, -0.15) is 11.3 Å². The number of amides is 1. The minimum absolute atomic E-state index is 0.185. The summed E-state index contributed by atoms with van der Waals surface area (Å²) in [6.45, 7) is 7.34. The maximum atomic E-state index is 12.6. The van der Waals surface area contributed by atoms with Crippen molar-refractivity contribution in [3.63, 3.8) is 0 Å². The second-order valence-electron chi connectivity index (χ2n) is 7.43. The number of fused-ring (bicyclic) bond motifs is 1. The summed E-state index contributed by atoms with van der Waals surface area (Å²) in [5.74, 6) is 0.751. The first kappa shape index (κ1) is 16.8. The van der Waals surface area contributed by atoms with E-state index >= 15 is 0 Å². The van der Waals surface area contributed by atoms with Crippen LogP contribution in [-0.4, -0.2) is 51.4 Å². The summed E-state index contributed by atoms with van der Waals surface area (Å²) < 4.78 is 0. The summed E-state index contributed by atoms with van der Waals surface area (Å²) in [6, 6.07) is 2.82. The molecule has 1 atom stereocenters. The van der Waals surface area contributed by atoms with Gasteiger partial charge in [-0.1, -0.05) is 0 Å². The van der Waals surface area contributed by atoms with Crippen LogP contribution in [0.25, 0.3) is 0 Å². The van der Waals surface area contributed by atoms with Gasteiger partial charge in [-0.05, 0) is 44.1 Å². The van der Waals surface area contributed by atoms with Crippen LogP contribution >= 0.6 is 11.3 Å². The largest absolute Gasteiger partial charge is 0.348 e. The quantitative estimate of drug-likeness (QED) is 0.916. The van der Waals surface area contributed by atoms with Crippen molar-refractivity contribution in [2.75, 3.05) is 19.6 Å². The number of carbonyl (C=O) groups is 1. The van der Waals surface area contributed by atoms with E-state index in [4.69, 9.17) is 0 Å². The van der Waals surface area contributed by atoms with Gasteiger partial charge in [0.15, 0.2) is 0 Å². The van der Waals surface area contributed by atoms with Crippen LogP contribution in [0.3, 0.4) is 0 Å². The normalized spacial score (nSPS) is 22.4. The average Bonchev–Trinajstić information content (AvgIpc) is 3.31. The van der Waals surface area contributed by atoms with Crippen LogP contribution in [0.4, 0.5) is 0 Å². The zero-order valence-electron chi connectivity index (χ0n) is 14.9. The Morgan fingerprint density at radius 1 is 1.32 bits per heavy atom. The van der Waals surface area contributed by atoms with E-state index in [1.54, 1.807) is 11.3 Å². The number of imidazole rings is 1. The van der Waals surface area contributed by atoms with Crippen molar-refractivity contribution in [3.8, 4) is 0 Å². The van der Waals surface area contributed by atoms with E-state index in [0.717, 1.165) is 44.5 Å². The average molecular weight is 359 g/mol. The van der Waals surface area contributed by atoms with Crippen LogP contribution in [0.15, 0.2) is 23.2 Å². The minimum atomic E-state index is 0.185. The molecule has 4 rings (SSSR count). The number of nitrogens with zero attached hydrogens (tertiary/aromatic N) is 3. The molecule has 0 bridgehead atoms. The van der Waals surface area contributed by atoms with Crippen LogP contribution in [-0.2, 0) is 6.42 Å². The summed E-state index contributed by atoms with van der Waals surface area (Å²) in [5, 5.41) is 3.92. The topological polar surface area (TPSA) is 52.2 Å². The van der Waals surface area contributed by atoms with E-state index in [9.17, 15) is 4.79 Å². The van der Waals surface area contributed by atoms with Crippen LogP contribution in [0.2, 0.25) is 0 Å². The summed E-state index contributed by atoms with van der Waals surface area (Å²) in [4.78, 5) is 25.2. The number of carbonyl (C=O) groups excluding carboxylic acids is 1. The van der Waals surface area contributed by atoms with Gasteiger partial charge in [-0.3, -0.25) is 9.69 Å². The Labute approximate surface area is 153 Å². The van der Waals surface area contributed by atoms with Crippen molar-refractivity contribution < 1.29 is 4.79 Å². The third-order valence-corrected chi connectivity index (χ3v) is 6.40. The van der Waals surface area contributed by atoms with Crippen LogP contribution < -0.4 is 0 Å². The maximum Gasteiger partial charge on any atom is 0.254 e. The molecule has 1 fully saturated rings. The SMILES string of the molecule is CC(C)N1CCc2[nH]cnc2C1C1CCN(C(=O)c2ccsc2)CC1. The predicted molar refractivity (Wildman–Crippen MR) is 99.8 cm³/mol. The molecule has 2 aliphatic heterocycles. The lowest BCUT2D eigenvalue weighted by molar-refractivity contribution is 0.0457. The maximum absolute atomic E-state index is 12.6. The lowest BCUT2D eigenvalue weighted by Crippen LogP contribution is -2.47. The highest BCUT2D eigenvalue weighted by Gasteiger charge is 2.38. The van der Waals surface area contributed by atoms with Crippen LogP contribution in [0.5, 0.6) is 0 Å². The van der Waals surface area contributed by atoms with E-state index in [2.05, 4.69) is 28.7 Å². The molecule has 1 unspecified atom stereocenters. The number of hydrogen-bond donors (Lipinski definition) is 1. The number of piperidine rings is 1. The van der Waals surface area contributed by atoms with Gasteiger partial charge < -0.3 is 9.88 Å². The molecule has 6 heteroatoms. The molecule has 0 aromatic carbocycles. The van der Waals surface area contributed by atoms with Gasteiger partial charge in [-0.25, -0.2) is 4.98 Å². The standard InChI is InChI=1S/C19H26N4OS/c1-13(2)23-9-5-16-17(21-12-20-16)18(23)14-3-7-22(8-4-14)19(24)15-6-10-25-11-15/h6,10-14,18H,3-5,7-9H2,1-2H3,(H,20,21). The summed E-state index contributed by atoms with van der Waals surface area (Å²) in [5.41, 5.74) is 3.38. The summed E-state index contributed by atoms with van der Waals surface area (Å²) in [6.07, 6.45) is 5.00. The number of thiophene rings is 1. The summed E-state index contributed by atoms with van der Waals surface area (Å²) >= 11 is 1.59. The van der Waals surface area contributed by atoms with Crippen LogP contribution in [0, 0.1) is 5.92 Å². The Bertz CT molecular complexity index is 716. The van der Waals surface area contributed by atoms with Crippen molar-refractivity contribution in [1.29, 1.82) is 0 Å². The zero-order valence-corrected chi connectivity index (χ0v) is 15.8. The fourth-order valence-electron chi connectivity index (χ4n) is 4.38. The Hall–Kier alpha value is -1.66. The Kier molecular flexibility index (Phi) is 4.65. The minimum Gasteiger partial charge on any atom is -0.348 e. The zero-order chi connectivity index (χ0) is 17.4. The molecule has 134 valence electrons. The van der Waals surface area contributed by atoms with Crippen LogP contribution in [0.1, 0.15) is 54.5 Å². The van der Waals surface area contributed by atoms with Gasteiger partial charge in [0.25, 0.3) is 5.91 Å². The number of aromatic nitrogens is 2. The number of hydrogen-bond acceptors (Lipinski definition) is 4. The van der Waals surface area contributed by atoms with Gasteiger partial charge in [0.05, 0.1) is 23.6 Å². The predicted octanol–water partition coefficient (Wildman–Crippen LogP) is 3.33. The molecule has 1 saturated heterocycles. The third kappa shape index (κ3) is 3.13. The molecule has 0 radical (unpaired) electrons. The molecule has 1 amide bonds. The number of aromatic amines is 1. The Morgan fingerprint density at radius 3 is 2.80 bits per heavy atom. The Balaban J connectivity index is 1.49. The molecule has 5 nitrogen and oxygen atoms in total. The molecule has 2 aromatic heterocycles. The fraction of sp³-hybridized carbons (Fsp3) is 0.579. The number of likely N-dealkylation sites (tertiary alicyclic amines) is 1. The fourth-order valence-corrected chi connectivity index (χ4v) is 5.01. The van der Waals surface area contributed by atoms with E-state index < -0.39 is 0 Å². The number of H-pyrrole nitrogens is 1. The number of nitrogens with one attached hydrogen (secondary N) is 1. The summed E-state index contributed by atoms with van der Waals surface area (Å²) in [7, 11) is 0. The van der Waals surface area contributed by atoms with E-state index in [-0.39, 0.29) is 5.91 Å². The molecule has 4 heterocycles. The van der Waals surface area contributed by atoms with Crippen molar-refractivity contribution in [3.05, 3.63) is 40.1 Å². The monoisotopic (exact) mass is 358 g/mol. The van der Waals surface area contributed by atoms with E-state index in [0.29, 0.717) is 18.0 Å². The van der Waals surface area contributed by atoms with Gasteiger partial charge >= 0.3 is 0 Å². The van der Waals surface area contributed by atoms with Crippen molar-refractivity contribution >= 4 is 17.2 Å². The molecule has 0 aliphatic carbocycles. The lowest BCUT2D eigenvalue weighted by Gasteiger charge is -2.44. The first-order valence-electron chi connectivity index (χ1n) is 9.24. The van der Waals surface area contributed by atoms with Gasteiger partial charge in [-0.15, -0.1) is 0 Å². The molecular weight excluding hydrogens is 332 g/mol. The van der Waals surface area contributed by atoms with E-state index in [1.165, 1.54) is 11.4 Å². The molecule has 2 aliphatic rings. The first-order chi connectivity index (χ1) is 12.1. The van der Waals surface area contributed by atoms with Gasteiger partial charge in [0.1, 0.15) is 0 Å². The molecule has 25 heavy (non-hydrogen) atoms. The van der Waals surface area contributed by atoms with Crippen molar-refractivity contribution in [2.45, 2.75) is 45.2 Å². The van der Waals surface area contributed by atoms with Crippen molar-refractivity contribution in [2.24, 2.45) is 5.92 Å². The molecule has 2 aromatic rings. The van der Waals surface area contributed by atoms with Crippen molar-refractivity contribution in [1.82, 2.24) is 19.8 Å². The highest BCUT2D eigenvalue weighted by Crippen LogP contribution is 2.39.